The average molecular weight is 478 g/mol. The van der Waals surface area contributed by atoms with Crippen molar-refractivity contribution in [1.29, 1.82) is 0 Å². The number of anilines is 1. The second-order valence-corrected chi connectivity index (χ2v) is 8.47. The highest BCUT2D eigenvalue weighted by atomic mass is 35.5. The van der Waals surface area contributed by atoms with E-state index in [1.165, 1.54) is 18.7 Å². The Morgan fingerprint density at radius 3 is 2.88 bits per heavy atom. The molecule has 0 saturated heterocycles. The third kappa shape index (κ3) is 6.30. The van der Waals surface area contributed by atoms with Crippen LogP contribution in [-0.2, 0) is 13.1 Å². The number of aromatic nitrogens is 5. The lowest BCUT2D eigenvalue weighted by Crippen LogP contribution is -2.08. The number of pyridine rings is 1. The van der Waals surface area contributed by atoms with E-state index in [-0.39, 0.29) is 5.82 Å². The van der Waals surface area contributed by atoms with Crippen molar-refractivity contribution in [1.82, 2.24) is 24.5 Å². The second kappa shape index (κ2) is 11.6. The van der Waals surface area contributed by atoms with Gasteiger partial charge in [0.25, 0.3) is 0 Å². The summed E-state index contributed by atoms with van der Waals surface area (Å²) in [6.45, 7) is 5.34. The molecule has 0 fully saturated rings. The van der Waals surface area contributed by atoms with Crippen molar-refractivity contribution >= 4 is 35.0 Å². The van der Waals surface area contributed by atoms with Gasteiger partial charge >= 0.3 is 5.82 Å². The van der Waals surface area contributed by atoms with E-state index in [4.69, 9.17) is 16.3 Å². The highest BCUT2D eigenvalue weighted by molar-refractivity contribution is 7.99. The summed E-state index contributed by atoms with van der Waals surface area (Å²) < 4.78 is 7.57. The summed E-state index contributed by atoms with van der Waals surface area (Å²) in [6, 6.07) is 1.85. The summed E-state index contributed by atoms with van der Waals surface area (Å²) in [5, 5.41) is 14.6. The zero-order valence-electron chi connectivity index (χ0n) is 17.8. The maximum Gasteiger partial charge on any atom is 0.342 e. The summed E-state index contributed by atoms with van der Waals surface area (Å²) in [4.78, 5) is 27.0. The van der Waals surface area contributed by atoms with Crippen LogP contribution >= 0.6 is 23.4 Å². The SMILES string of the molecule is Cc1c(OCCCSCCn2c([N+](=O)[O-])cnc2C)ccnc1CNc1ncncc1Cl. The average Bonchev–Trinajstić information content (AvgIpc) is 3.15. The van der Waals surface area contributed by atoms with Crippen LogP contribution in [0.2, 0.25) is 5.02 Å². The van der Waals surface area contributed by atoms with Crippen molar-refractivity contribution in [3.05, 3.63) is 63.2 Å². The van der Waals surface area contributed by atoms with Crippen molar-refractivity contribution in [2.45, 2.75) is 33.4 Å². The first-order valence-electron chi connectivity index (χ1n) is 9.98. The van der Waals surface area contributed by atoms with Crippen LogP contribution in [-0.4, -0.2) is 47.5 Å². The van der Waals surface area contributed by atoms with Gasteiger partial charge in [0.05, 0.1) is 25.0 Å². The predicted octanol–water partition coefficient (Wildman–Crippen LogP) is 4.06. The van der Waals surface area contributed by atoms with Crippen molar-refractivity contribution in [2.24, 2.45) is 0 Å². The Morgan fingerprint density at radius 2 is 2.09 bits per heavy atom. The predicted molar refractivity (Wildman–Crippen MR) is 124 cm³/mol. The number of nitrogens with one attached hydrogen (secondary N) is 1. The molecule has 3 rings (SSSR count). The number of nitro groups is 1. The standard InChI is InChI=1S/C20H24ClN7O3S/c1-14-17(11-25-20-16(21)10-22-13-26-20)23-5-4-18(14)31-7-3-8-32-9-6-27-15(2)24-12-19(27)28(29)30/h4-5,10,12-13H,3,6-9,11H2,1-2H3,(H,22,25,26). The minimum absolute atomic E-state index is 0.0341. The molecular weight excluding hydrogens is 454 g/mol. The molecule has 170 valence electrons. The Kier molecular flexibility index (Phi) is 8.63. The first-order valence-corrected chi connectivity index (χ1v) is 11.5. The number of rotatable bonds is 12. The zero-order chi connectivity index (χ0) is 22.9. The molecule has 0 aliphatic rings. The normalized spacial score (nSPS) is 10.8. The molecule has 32 heavy (non-hydrogen) atoms. The minimum atomic E-state index is -0.401. The third-order valence-electron chi connectivity index (χ3n) is 4.72. The van der Waals surface area contributed by atoms with Crippen LogP contribution in [0.25, 0.3) is 0 Å². The summed E-state index contributed by atoms with van der Waals surface area (Å²) >= 11 is 7.80. The quantitative estimate of drug-likeness (QED) is 0.234. The largest absolute Gasteiger partial charge is 0.493 e. The molecule has 0 aliphatic carbocycles. The summed E-state index contributed by atoms with van der Waals surface area (Å²) in [5.74, 6) is 3.70. The molecule has 3 aromatic heterocycles. The Morgan fingerprint density at radius 1 is 1.25 bits per heavy atom. The van der Waals surface area contributed by atoms with E-state index >= 15 is 0 Å². The number of hydrogen-bond acceptors (Lipinski definition) is 9. The number of nitrogens with zero attached hydrogens (tertiary/aromatic N) is 6. The molecule has 0 amide bonds. The van der Waals surface area contributed by atoms with Gasteiger partial charge in [-0.05, 0) is 30.1 Å². The summed E-state index contributed by atoms with van der Waals surface area (Å²) in [7, 11) is 0. The lowest BCUT2D eigenvalue weighted by atomic mass is 10.2. The Balaban J connectivity index is 1.40. The van der Waals surface area contributed by atoms with E-state index in [9.17, 15) is 10.1 Å². The van der Waals surface area contributed by atoms with Gasteiger partial charge in [0.15, 0.2) is 5.82 Å². The van der Waals surface area contributed by atoms with Gasteiger partial charge in [0, 0.05) is 24.4 Å². The number of hydrogen-bond donors (Lipinski definition) is 1. The van der Waals surface area contributed by atoms with Crippen molar-refractivity contribution < 1.29 is 9.66 Å². The maximum atomic E-state index is 11.0. The highest BCUT2D eigenvalue weighted by Gasteiger charge is 2.16. The van der Waals surface area contributed by atoms with Gasteiger partial charge < -0.3 is 20.2 Å². The molecule has 0 bridgehead atoms. The first kappa shape index (κ1) is 23.7. The molecule has 12 heteroatoms. The highest BCUT2D eigenvalue weighted by Crippen LogP contribution is 2.22. The fourth-order valence-corrected chi connectivity index (χ4v) is 3.99. The maximum absolute atomic E-state index is 11.0. The molecular formula is C20H24ClN7O3S. The topological polar surface area (TPSA) is 121 Å². The fraction of sp³-hybridized carbons (Fsp3) is 0.400. The molecule has 3 heterocycles. The Bertz CT molecular complexity index is 1060. The van der Waals surface area contributed by atoms with Gasteiger partial charge in [-0.25, -0.2) is 19.5 Å². The molecule has 0 saturated carbocycles. The molecule has 0 aromatic carbocycles. The van der Waals surface area contributed by atoms with E-state index < -0.39 is 4.92 Å². The van der Waals surface area contributed by atoms with Crippen molar-refractivity contribution in [3.8, 4) is 5.75 Å². The van der Waals surface area contributed by atoms with Gasteiger partial charge in [-0.1, -0.05) is 11.6 Å². The molecule has 0 radical (unpaired) electrons. The van der Waals surface area contributed by atoms with Crippen LogP contribution in [0, 0.1) is 24.0 Å². The molecule has 0 spiro atoms. The van der Waals surface area contributed by atoms with Gasteiger partial charge in [0.2, 0.25) is 0 Å². The van der Waals surface area contributed by atoms with Crippen LogP contribution in [0.1, 0.15) is 23.5 Å². The van der Waals surface area contributed by atoms with Crippen molar-refractivity contribution in [2.75, 3.05) is 23.4 Å². The van der Waals surface area contributed by atoms with Crippen LogP contribution in [0.3, 0.4) is 0 Å². The molecule has 0 atom stereocenters. The smallest absolute Gasteiger partial charge is 0.342 e. The third-order valence-corrected chi connectivity index (χ3v) is 6.05. The lowest BCUT2D eigenvalue weighted by molar-refractivity contribution is -0.392. The second-order valence-electron chi connectivity index (χ2n) is 6.84. The minimum Gasteiger partial charge on any atom is -0.493 e. The fourth-order valence-electron chi connectivity index (χ4n) is 2.98. The van der Waals surface area contributed by atoms with Crippen molar-refractivity contribution in [3.63, 3.8) is 0 Å². The molecule has 3 aromatic rings. The molecule has 1 N–H and O–H groups in total. The van der Waals surface area contributed by atoms with Crippen LogP contribution in [0.15, 0.2) is 31.0 Å². The number of aryl methyl sites for hydroxylation is 1. The van der Waals surface area contributed by atoms with E-state index in [2.05, 4.69) is 25.3 Å². The Hall–Kier alpha value is -2.92. The number of thioether (sulfide) groups is 1. The van der Waals surface area contributed by atoms with Crippen LogP contribution in [0.4, 0.5) is 11.6 Å². The number of imidazole rings is 1. The van der Waals surface area contributed by atoms with Gasteiger partial charge in [0.1, 0.15) is 35.7 Å². The van der Waals surface area contributed by atoms with Gasteiger partial charge in [-0.2, -0.15) is 11.8 Å². The Labute approximate surface area is 195 Å². The molecule has 10 nitrogen and oxygen atoms in total. The lowest BCUT2D eigenvalue weighted by Gasteiger charge is -2.13. The number of ether oxygens (including phenoxy) is 1. The molecule has 0 unspecified atom stereocenters. The van der Waals surface area contributed by atoms with E-state index in [0.717, 1.165) is 34.9 Å². The zero-order valence-corrected chi connectivity index (χ0v) is 19.4. The van der Waals surface area contributed by atoms with Gasteiger partial charge in [-0.15, -0.1) is 0 Å². The van der Waals surface area contributed by atoms with E-state index in [1.54, 1.807) is 29.4 Å². The van der Waals surface area contributed by atoms with Gasteiger partial charge in [-0.3, -0.25) is 4.98 Å². The number of halogens is 1. The van der Waals surface area contributed by atoms with E-state index in [0.29, 0.717) is 36.4 Å². The van der Waals surface area contributed by atoms with E-state index in [1.807, 2.05) is 13.0 Å². The van der Waals surface area contributed by atoms with Crippen LogP contribution < -0.4 is 10.1 Å². The molecule has 0 aliphatic heterocycles. The summed E-state index contributed by atoms with van der Waals surface area (Å²) in [5.41, 5.74) is 1.81. The first-order chi connectivity index (χ1) is 15.5. The summed E-state index contributed by atoms with van der Waals surface area (Å²) in [6.07, 6.45) is 6.85. The monoisotopic (exact) mass is 477 g/mol. The van der Waals surface area contributed by atoms with Crippen LogP contribution in [0.5, 0.6) is 5.75 Å².